The van der Waals surface area contributed by atoms with Gasteiger partial charge in [-0.15, -0.1) is 15.3 Å². The summed E-state index contributed by atoms with van der Waals surface area (Å²) in [6.45, 7) is 0. The molecule has 0 fully saturated rings. The van der Waals surface area contributed by atoms with E-state index < -0.39 is 0 Å². The van der Waals surface area contributed by atoms with Crippen LogP contribution in [0.2, 0.25) is 0 Å². The lowest BCUT2D eigenvalue weighted by Crippen LogP contribution is -1.93. The van der Waals surface area contributed by atoms with E-state index in [1.54, 1.807) is 11.7 Å². The van der Waals surface area contributed by atoms with E-state index in [0.29, 0.717) is 29.1 Å². The normalized spacial score (nSPS) is 10.8. The fraction of sp³-hybridized carbons (Fsp3) is 0.250. The summed E-state index contributed by atoms with van der Waals surface area (Å²) in [6.07, 6.45) is 0.643. The van der Waals surface area contributed by atoms with E-state index in [1.807, 2.05) is 30.3 Å². The minimum Gasteiger partial charge on any atom is -0.424 e. The minimum absolute atomic E-state index is 0.552. The average molecular weight is 288 g/mol. The fourth-order valence-electron chi connectivity index (χ4n) is 1.66. The lowest BCUT2D eigenvalue weighted by atomic mass is 10.2. The van der Waals surface area contributed by atoms with Gasteiger partial charge in [0.05, 0.1) is 12.2 Å². The lowest BCUT2D eigenvalue weighted by Gasteiger charge is -1.96. The number of tetrazole rings is 1. The number of aromatic nitrogens is 6. The highest BCUT2D eigenvalue weighted by Crippen LogP contribution is 2.19. The van der Waals surface area contributed by atoms with Gasteiger partial charge in [-0.1, -0.05) is 42.1 Å². The molecule has 8 heteroatoms. The second kappa shape index (κ2) is 5.83. The van der Waals surface area contributed by atoms with Crippen molar-refractivity contribution in [3.63, 3.8) is 0 Å². The van der Waals surface area contributed by atoms with E-state index in [4.69, 9.17) is 4.42 Å². The van der Waals surface area contributed by atoms with Crippen LogP contribution in [0.5, 0.6) is 0 Å². The van der Waals surface area contributed by atoms with E-state index in [1.165, 1.54) is 11.8 Å². The Kier molecular flexibility index (Phi) is 3.73. The molecule has 0 N–H and O–H groups in total. The number of thioether (sulfide) groups is 1. The van der Waals surface area contributed by atoms with Crippen LogP contribution in [-0.2, 0) is 19.2 Å². The first-order valence-corrected chi connectivity index (χ1v) is 7.00. The van der Waals surface area contributed by atoms with Crippen molar-refractivity contribution in [3.05, 3.63) is 47.7 Å². The van der Waals surface area contributed by atoms with Gasteiger partial charge in [-0.2, -0.15) is 0 Å². The van der Waals surface area contributed by atoms with Crippen LogP contribution in [0.25, 0.3) is 0 Å². The highest BCUT2D eigenvalue weighted by molar-refractivity contribution is 7.98. The molecular formula is C12H12N6OS. The molecule has 20 heavy (non-hydrogen) atoms. The van der Waals surface area contributed by atoms with Crippen molar-refractivity contribution in [2.45, 2.75) is 17.3 Å². The van der Waals surface area contributed by atoms with Crippen molar-refractivity contribution >= 4 is 11.8 Å². The van der Waals surface area contributed by atoms with Gasteiger partial charge in [0.1, 0.15) is 0 Å². The monoisotopic (exact) mass is 288 g/mol. The van der Waals surface area contributed by atoms with Crippen LogP contribution in [-0.4, -0.2) is 30.4 Å². The Balaban J connectivity index is 1.61. The fourth-order valence-corrected chi connectivity index (χ4v) is 2.35. The largest absolute Gasteiger partial charge is 0.424 e. The van der Waals surface area contributed by atoms with Gasteiger partial charge >= 0.3 is 0 Å². The summed E-state index contributed by atoms with van der Waals surface area (Å²) < 4.78 is 7.21. The zero-order valence-electron chi connectivity index (χ0n) is 10.8. The molecule has 7 nitrogen and oxygen atoms in total. The summed E-state index contributed by atoms with van der Waals surface area (Å²) in [5.41, 5.74) is 1.15. The molecule has 0 unspecified atom stereocenters. The summed E-state index contributed by atoms with van der Waals surface area (Å²) in [5, 5.41) is 20.0. The van der Waals surface area contributed by atoms with Crippen LogP contribution in [0, 0.1) is 0 Å². The molecule has 2 heterocycles. The van der Waals surface area contributed by atoms with Crippen molar-refractivity contribution in [1.29, 1.82) is 0 Å². The van der Waals surface area contributed by atoms with Crippen molar-refractivity contribution in [3.8, 4) is 0 Å². The Morgan fingerprint density at radius 1 is 1.10 bits per heavy atom. The number of hydrogen-bond acceptors (Lipinski definition) is 7. The van der Waals surface area contributed by atoms with Gasteiger partial charge < -0.3 is 4.42 Å². The third-order valence-corrected chi connectivity index (χ3v) is 3.61. The van der Waals surface area contributed by atoms with Crippen molar-refractivity contribution < 1.29 is 4.42 Å². The standard InChI is InChI=1S/C12H12N6OS/c1-18-12(15-16-17-18)20-8-11-14-13-10(19-11)7-9-5-3-2-4-6-9/h2-6H,7-8H2,1H3. The summed E-state index contributed by atoms with van der Waals surface area (Å²) in [5.74, 6) is 1.74. The summed E-state index contributed by atoms with van der Waals surface area (Å²) in [4.78, 5) is 0. The highest BCUT2D eigenvalue weighted by Gasteiger charge is 2.09. The lowest BCUT2D eigenvalue weighted by molar-refractivity contribution is 0.474. The van der Waals surface area contributed by atoms with Crippen molar-refractivity contribution in [2.24, 2.45) is 7.05 Å². The average Bonchev–Trinajstić information content (AvgIpc) is 3.07. The molecule has 0 radical (unpaired) electrons. The summed E-state index contributed by atoms with van der Waals surface area (Å²) in [7, 11) is 1.79. The molecule has 0 aliphatic carbocycles. The molecule has 0 atom stereocenters. The number of benzene rings is 1. The highest BCUT2D eigenvalue weighted by atomic mass is 32.2. The molecule has 2 aromatic heterocycles. The quantitative estimate of drug-likeness (QED) is 0.657. The summed E-state index contributed by atoms with van der Waals surface area (Å²) >= 11 is 1.46. The second-order valence-electron chi connectivity index (χ2n) is 4.13. The predicted octanol–water partition coefficient (Wildman–Crippen LogP) is 1.48. The van der Waals surface area contributed by atoms with Gasteiger partial charge in [-0.25, -0.2) is 4.68 Å². The third kappa shape index (κ3) is 3.02. The maximum absolute atomic E-state index is 5.60. The van der Waals surface area contributed by atoms with Gasteiger partial charge in [0.15, 0.2) is 0 Å². The molecule has 0 aliphatic heterocycles. The van der Waals surface area contributed by atoms with E-state index >= 15 is 0 Å². The molecule has 0 spiro atoms. The number of aryl methyl sites for hydroxylation is 1. The van der Waals surface area contributed by atoms with E-state index in [9.17, 15) is 0 Å². The SMILES string of the molecule is Cn1nnnc1SCc1nnc(Cc2ccccc2)o1. The van der Waals surface area contributed by atoms with Gasteiger partial charge in [0.2, 0.25) is 16.9 Å². The molecule has 0 saturated heterocycles. The first kappa shape index (κ1) is 12.8. The van der Waals surface area contributed by atoms with Crippen molar-refractivity contribution in [2.75, 3.05) is 0 Å². The van der Waals surface area contributed by atoms with Gasteiger partial charge in [-0.3, -0.25) is 0 Å². The third-order valence-electron chi connectivity index (χ3n) is 2.61. The number of hydrogen-bond donors (Lipinski definition) is 0. The Hall–Kier alpha value is -2.22. The minimum atomic E-state index is 0.552. The Morgan fingerprint density at radius 2 is 1.90 bits per heavy atom. The molecule has 102 valence electrons. The molecular weight excluding hydrogens is 276 g/mol. The van der Waals surface area contributed by atoms with Crippen molar-refractivity contribution in [1.82, 2.24) is 30.4 Å². The summed E-state index contributed by atoms with van der Waals surface area (Å²) in [6, 6.07) is 10.0. The van der Waals surface area contributed by atoms with Gasteiger partial charge in [0, 0.05) is 7.05 Å². The molecule has 0 bridgehead atoms. The first-order valence-electron chi connectivity index (χ1n) is 6.01. The van der Waals surface area contributed by atoms with Crippen LogP contribution in [0.3, 0.4) is 0 Å². The number of rotatable bonds is 5. The predicted molar refractivity (Wildman–Crippen MR) is 71.9 cm³/mol. The van der Waals surface area contributed by atoms with Crippen LogP contribution >= 0.6 is 11.8 Å². The second-order valence-corrected chi connectivity index (χ2v) is 5.07. The van der Waals surface area contributed by atoms with Crippen LogP contribution in [0.15, 0.2) is 39.9 Å². The Morgan fingerprint density at radius 3 is 2.65 bits per heavy atom. The smallest absolute Gasteiger partial charge is 0.226 e. The Bertz CT molecular complexity index is 680. The van der Waals surface area contributed by atoms with Gasteiger partial charge in [0.25, 0.3) is 0 Å². The maximum Gasteiger partial charge on any atom is 0.226 e. The zero-order valence-corrected chi connectivity index (χ0v) is 11.6. The van der Waals surface area contributed by atoms with Gasteiger partial charge in [-0.05, 0) is 16.0 Å². The van der Waals surface area contributed by atoms with E-state index in [-0.39, 0.29) is 0 Å². The van der Waals surface area contributed by atoms with E-state index in [2.05, 4.69) is 25.7 Å². The molecule has 3 rings (SSSR count). The molecule has 3 aromatic rings. The molecule has 0 amide bonds. The molecule has 0 aliphatic rings. The van der Waals surface area contributed by atoms with Crippen LogP contribution in [0.1, 0.15) is 17.3 Å². The molecule has 0 saturated carbocycles. The first-order chi connectivity index (χ1) is 9.81. The topological polar surface area (TPSA) is 82.5 Å². The van der Waals surface area contributed by atoms with Crippen LogP contribution in [0.4, 0.5) is 0 Å². The Labute approximate surface area is 119 Å². The van der Waals surface area contributed by atoms with Crippen LogP contribution < -0.4 is 0 Å². The van der Waals surface area contributed by atoms with E-state index in [0.717, 1.165) is 5.56 Å². The molecule has 1 aromatic carbocycles. The maximum atomic E-state index is 5.60. The number of nitrogens with zero attached hydrogens (tertiary/aromatic N) is 6. The zero-order chi connectivity index (χ0) is 13.8.